The molecule has 1 atom stereocenters. The summed E-state index contributed by atoms with van der Waals surface area (Å²) in [7, 11) is 0. The number of aromatic nitrogens is 2. The summed E-state index contributed by atoms with van der Waals surface area (Å²) in [4.78, 5) is 23.2. The van der Waals surface area contributed by atoms with Gasteiger partial charge in [-0.05, 0) is 56.6 Å². The van der Waals surface area contributed by atoms with Crippen LogP contribution in [0.25, 0.3) is 10.2 Å². The van der Waals surface area contributed by atoms with Crippen LogP contribution in [0.2, 0.25) is 0 Å². The summed E-state index contributed by atoms with van der Waals surface area (Å²) in [6.07, 6.45) is 7.48. The summed E-state index contributed by atoms with van der Waals surface area (Å²) in [5.41, 5.74) is 3.74. The van der Waals surface area contributed by atoms with Gasteiger partial charge in [0.1, 0.15) is 21.4 Å². The van der Waals surface area contributed by atoms with E-state index >= 15 is 0 Å². The predicted molar refractivity (Wildman–Crippen MR) is 111 cm³/mol. The van der Waals surface area contributed by atoms with E-state index in [0.717, 1.165) is 34.5 Å². The third kappa shape index (κ3) is 4.01. The van der Waals surface area contributed by atoms with Crippen molar-refractivity contribution in [2.75, 3.05) is 0 Å². The van der Waals surface area contributed by atoms with Crippen LogP contribution in [0, 0.1) is 6.92 Å². The molecule has 3 aromatic rings. The normalized spacial score (nSPS) is 14.9. The van der Waals surface area contributed by atoms with Crippen molar-refractivity contribution in [3.05, 3.63) is 52.2 Å². The number of carbonyl (C=O) groups is 1. The van der Waals surface area contributed by atoms with Gasteiger partial charge in [-0.25, -0.2) is 9.97 Å². The molecule has 0 spiro atoms. The molecule has 6 heteroatoms. The maximum absolute atomic E-state index is 11.9. The van der Waals surface area contributed by atoms with E-state index in [9.17, 15) is 9.90 Å². The first-order valence-corrected chi connectivity index (χ1v) is 11.0. The zero-order valence-corrected chi connectivity index (χ0v) is 16.9. The molecule has 0 saturated carbocycles. The Balaban J connectivity index is 1.57. The minimum atomic E-state index is -0.775. The highest BCUT2D eigenvalue weighted by Gasteiger charge is 2.25. The van der Waals surface area contributed by atoms with Crippen LogP contribution in [0.5, 0.6) is 0 Å². The largest absolute Gasteiger partial charge is 0.480 e. The summed E-state index contributed by atoms with van der Waals surface area (Å²) in [6.45, 7) is 2.06. The molecule has 1 aliphatic carbocycles. The first kappa shape index (κ1) is 18.4. The van der Waals surface area contributed by atoms with Crippen molar-refractivity contribution >= 4 is 39.3 Å². The average Bonchev–Trinajstić information content (AvgIpc) is 3.05. The molecule has 1 aromatic carbocycles. The number of carboxylic acids is 1. The number of hydrogen-bond acceptors (Lipinski definition) is 5. The van der Waals surface area contributed by atoms with Crippen LogP contribution >= 0.6 is 23.1 Å². The minimum Gasteiger partial charge on any atom is -0.480 e. The molecule has 27 heavy (non-hydrogen) atoms. The first-order chi connectivity index (χ1) is 13.1. The van der Waals surface area contributed by atoms with Crippen LogP contribution in [-0.2, 0) is 24.1 Å². The van der Waals surface area contributed by atoms with Crippen LogP contribution in [0.3, 0.4) is 0 Å². The Morgan fingerprint density at radius 1 is 1.22 bits per heavy atom. The average molecular weight is 399 g/mol. The lowest BCUT2D eigenvalue weighted by Gasteiger charge is -2.14. The SMILES string of the molecule is Cc1ccc(CCC(Sc2ncnc3sc4c(c23)CCCC4)C(=O)O)cc1. The highest BCUT2D eigenvalue weighted by atomic mass is 32.2. The van der Waals surface area contributed by atoms with Crippen molar-refractivity contribution in [3.8, 4) is 0 Å². The number of benzene rings is 1. The van der Waals surface area contributed by atoms with Gasteiger partial charge in [0.05, 0.1) is 0 Å². The van der Waals surface area contributed by atoms with E-state index in [0.29, 0.717) is 6.42 Å². The van der Waals surface area contributed by atoms with Crippen LogP contribution in [0.15, 0.2) is 35.6 Å². The molecule has 1 unspecified atom stereocenters. The van der Waals surface area contributed by atoms with Gasteiger partial charge in [0, 0.05) is 10.3 Å². The molecule has 2 aromatic heterocycles. The smallest absolute Gasteiger partial charge is 0.317 e. The van der Waals surface area contributed by atoms with Gasteiger partial charge in [0.2, 0.25) is 0 Å². The number of rotatable bonds is 6. The van der Waals surface area contributed by atoms with Crippen molar-refractivity contribution in [3.63, 3.8) is 0 Å². The summed E-state index contributed by atoms with van der Waals surface area (Å²) >= 11 is 3.13. The fourth-order valence-electron chi connectivity index (χ4n) is 3.57. The highest BCUT2D eigenvalue weighted by Crippen LogP contribution is 2.40. The summed E-state index contributed by atoms with van der Waals surface area (Å²) in [6, 6.07) is 8.31. The quantitative estimate of drug-likeness (QED) is 0.465. The fraction of sp³-hybridized carbons (Fsp3) is 0.381. The van der Waals surface area contributed by atoms with E-state index in [1.54, 1.807) is 17.7 Å². The molecule has 0 aliphatic heterocycles. The Morgan fingerprint density at radius 3 is 2.78 bits per heavy atom. The highest BCUT2D eigenvalue weighted by molar-refractivity contribution is 8.00. The van der Waals surface area contributed by atoms with Crippen molar-refractivity contribution in [2.45, 2.75) is 55.7 Å². The number of thiophene rings is 1. The van der Waals surface area contributed by atoms with Crippen LogP contribution in [0.4, 0.5) is 0 Å². The molecule has 1 N–H and O–H groups in total. The molecule has 0 fully saturated rings. The van der Waals surface area contributed by atoms with Gasteiger partial charge >= 0.3 is 5.97 Å². The van der Waals surface area contributed by atoms with Gasteiger partial charge in [-0.3, -0.25) is 4.79 Å². The van der Waals surface area contributed by atoms with Crippen LogP contribution < -0.4 is 0 Å². The van der Waals surface area contributed by atoms with E-state index in [2.05, 4.69) is 41.2 Å². The zero-order chi connectivity index (χ0) is 18.8. The van der Waals surface area contributed by atoms with E-state index < -0.39 is 11.2 Å². The lowest BCUT2D eigenvalue weighted by molar-refractivity contribution is -0.136. The molecule has 4 rings (SSSR count). The fourth-order valence-corrected chi connectivity index (χ4v) is 5.92. The van der Waals surface area contributed by atoms with Gasteiger partial charge in [0.15, 0.2) is 0 Å². The molecule has 1 aliphatic rings. The van der Waals surface area contributed by atoms with Gasteiger partial charge in [-0.15, -0.1) is 11.3 Å². The molecule has 4 nitrogen and oxygen atoms in total. The van der Waals surface area contributed by atoms with Gasteiger partial charge in [-0.1, -0.05) is 41.6 Å². The number of carboxylic acid groups (broad SMARTS) is 1. The summed E-state index contributed by atoms with van der Waals surface area (Å²) in [5, 5.41) is 11.2. The zero-order valence-electron chi connectivity index (χ0n) is 15.3. The second-order valence-corrected chi connectivity index (χ2v) is 9.31. The van der Waals surface area contributed by atoms with Gasteiger partial charge < -0.3 is 5.11 Å². The Kier molecular flexibility index (Phi) is 5.45. The van der Waals surface area contributed by atoms with Crippen molar-refractivity contribution < 1.29 is 9.90 Å². The molecule has 0 amide bonds. The summed E-state index contributed by atoms with van der Waals surface area (Å²) in [5.74, 6) is -0.775. The standard InChI is InChI=1S/C21H22N2O2S2/c1-13-6-8-14(9-7-13)10-11-17(21(24)25)27-20-18-15-4-2-3-5-16(15)26-19(18)22-12-23-20/h6-9,12,17H,2-5,10-11H2,1H3,(H,24,25). The Labute approximate surface area is 167 Å². The van der Waals surface area contributed by atoms with Crippen molar-refractivity contribution in [1.29, 1.82) is 0 Å². The van der Waals surface area contributed by atoms with E-state index in [1.807, 2.05) is 0 Å². The second kappa shape index (κ2) is 7.98. The third-order valence-electron chi connectivity index (χ3n) is 5.06. The molecule has 2 heterocycles. The first-order valence-electron chi connectivity index (χ1n) is 9.32. The number of hydrogen-bond donors (Lipinski definition) is 1. The molecule has 0 bridgehead atoms. The maximum atomic E-state index is 11.9. The number of nitrogens with zero attached hydrogens (tertiary/aromatic N) is 2. The topological polar surface area (TPSA) is 63.1 Å². The molecule has 0 saturated heterocycles. The molecule has 140 valence electrons. The lowest BCUT2D eigenvalue weighted by atomic mass is 9.97. The predicted octanol–water partition coefficient (Wildman–Crippen LogP) is 5.06. The van der Waals surface area contributed by atoms with Crippen LogP contribution in [0.1, 0.15) is 40.8 Å². The van der Waals surface area contributed by atoms with Crippen LogP contribution in [-0.4, -0.2) is 26.3 Å². The molecule has 0 radical (unpaired) electrons. The third-order valence-corrected chi connectivity index (χ3v) is 7.52. The number of aliphatic carboxylic acids is 1. The Hall–Kier alpha value is -1.92. The van der Waals surface area contributed by atoms with Crippen molar-refractivity contribution in [1.82, 2.24) is 9.97 Å². The number of thioether (sulfide) groups is 1. The van der Waals surface area contributed by atoms with E-state index in [4.69, 9.17) is 0 Å². The monoisotopic (exact) mass is 398 g/mol. The molecular weight excluding hydrogens is 376 g/mol. The Bertz CT molecular complexity index is 966. The minimum absolute atomic E-state index is 0.511. The summed E-state index contributed by atoms with van der Waals surface area (Å²) < 4.78 is 0. The van der Waals surface area contributed by atoms with E-state index in [-0.39, 0.29) is 0 Å². The molecular formula is C21H22N2O2S2. The number of aryl methyl sites for hydroxylation is 4. The van der Waals surface area contributed by atoms with Crippen molar-refractivity contribution in [2.24, 2.45) is 0 Å². The van der Waals surface area contributed by atoms with Gasteiger partial charge in [-0.2, -0.15) is 0 Å². The Morgan fingerprint density at radius 2 is 2.00 bits per heavy atom. The lowest BCUT2D eigenvalue weighted by Crippen LogP contribution is -2.17. The second-order valence-electron chi connectivity index (χ2n) is 7.04. The van der Waals surface area contributed by atoms with Gasteiger partial charge in [0.25, 0.3) is 0 Å². The number of fused-ring (bicyclic) bond motifs is 3. The maximum Gasteiger partial charge on any atom is 0.317 e. The van der Waals surface area contributed by atoms with E-state index in [1.165, 1.54) is 46.2 Å².